The van der Waals surface area contributed by atoms with Crippen LogP contribution in [0.3, 0.4) is 0 Å². The predicted molar refractivity (Wildman–Crippen MR) is 120 cm³/mol. The number of nitrogens with one attached hydrogen (secondary N) is 1. The Balaban J connectivity index is 1.86. The molecular formula is C23H19F2N7O4. The largest absolute Gasteiger partial charge is 0.501 e. The quantitative estimate of drug-likeness (QED) is 0.397. The van der Waals surface area contributed by atoms with E-state index in [1.165, 1.54) is 19.4 Å². The fourth-order valence-corrected chi connectivity index (χ4v) is 4.01. The van der Waals surface area contributed by atoms with Crippen LogP contribution >= 0.6 is 0 Å². The van der Waals surface area contributed by atoms with Gasteiger partial charge in [0.15, 0.2) is 5.69 Å². The van der Waals surface area contributed by atoms with Crippen molar-refractivity contribution in [2.45, 2.75) is 25.3 Å². The van der Waals surface area contributed by atoms with Crippen molar-refractivity contribution >= 4 is 11.6 Å². The fourth-order valence-electron chi connectivity index (χ4n) is 4.01. The Hall–Kier alpha value is -4.86. The molecule has 2 N–H and O–H groups in total. The van der Waals surface area contributed by atoms with Crippen LogP contribution in [-0.4, -0.2) is 35.5 Å². The molecule has 4 aromatic rings. The third-order valence-corrected chi connectivity index (χ3v) is 5.71. The van der Waals surface area contributed by atoms with Gasteiger partial charge in [-0.3, -0.25) is 14.2 Å². The number of benzene rings is 1. The number of carbonyl (C=O) groups excluding carboxylic acids is 1. The standard InChI is InChI=1S/C23H19F2N7O4/c1-12(17(14-8-27-32(10-14)23(24)25)16-6-4-3-5-13(16)7-26)20-30-18(19(33)22(35)31(20)2)21(34)29-15-9-28-36-11-15/h3-6,8-12,17,23,33H,1-2H3,(H,29,34)/t12-,17-/m1/s1. The number of rotatable bonds is 7. The molecule has 184 valence electrons. The molecule has 1 aromatic carbocycles. The minimum Gasteiger partial charge on any atom is -0.501 e. The van der Waals surface area contributed by atoms with E-state index in [0.717, 1.165) is 17.0 Å². The molecule has 0 unspecified atom stereocenters. The lowest BCUT2D eigenvalue weighted by molar-refractivity contribution is 0.0565. The molecule has 0 aliphatic heterocycles. The first-order chi connectivity index (χ1) is 17.2. The van der Waals surface area contributed by atoms with Crippen molar-refractivity contribution in [1.82, 2.24) is 24.5 Å². The highest BCUT2D eigenvalue weighted by Gasteiger charge is 2.31. The lowest BCUT2D eigenvalue weighted by atomic mass is 9.80. The van der Waals surface area contributed by atoms with Gasteiger partial charge in [0, 0.05) is 25.1 Å². The summed E-state index contributed by atoms with van der Waals surface area (Å²) in [4.78, 5) is 29.9. The number of amides is 1. The average Bonchev–Trinajstić information content (AvgIpc) is 3.56. The number of nitriles is 1. The van der Waals surface area contributed by atoms with Gasteiger partial charge in [0.2, 0.25) is 5.75 Å². The van der Waals surface area contributed by atoms with Crippen molar-refractivity contribution < 1.29 is 23.2 Å². The molecule has 0 bridgehead atoms. The number of anilines is 1. The lowest BCUT2D eigenvalue weighted by Crippen LogP contribution is -2.29. The Kier molecular flexibility index (Phi) is 6.60. The van der Waals surface area contributed by atoms with Crippen molar-refractivity contribution in [3.8, 4) is 11.8 Å². The van der Waals surface area contributed by atoms with Crippen LogP contribution in [0.25, 0.3) is 0 Å². The normalized spacial score (nSPS) is 12.8. The van der Waals surface area contributed by atoms with Gasteiger partial charge >= 0.3 is 6.55 Å². The van der Waals surface area contributed by atoms with Crippen LogP contribution < -0.4 is 10.9 Å². The summed E-state index contributed by atoms with van der Waals surface area (Å²) in [5.74, 6) is -3.20. The molecule has 0 spiro atoms. The van der Waals surface area contributed by atoms with E-state index in [2.05, 4.69) is 31.1 Å². The zero-order valence-corrected chi connectivity index (χ0v) is 19.0. The van der Waals surface area contributed by atoms with Gasteiger partial charge in [0.05, 0.1) is 24.0 Å². The molecule has 4 rings (SSSR count). The van der Waals surface area contributed by atoms with Crippen molar-refractivity contribution in [2.75, 3.05) is 5.32 Å². The number of aromatic hydroxyl groups is 1. The summed E-state index contributed by atoms with van der Waals surface area (Å²) in [6.07, 6.45) is 4.77. The first-order valence-corrected chi connectivity index (χ1v) is 10.5. The molecule has 3 aromatic heterocycles. The highest BCUT2D eigenvalue weighted by molar-refractivity contribution is 6.04. The molecule has 1 amide bonds. The number of hydrogen-bond acceptors (Lipinski definition) is 8. The van der Waals surface area contributed by atoms with Gasteiger partial charge in [0.25, 0.3) is 11.5 Å². The maximum atomic E-state index is 13.3. The summed E-state index contributed by atoms with van der Waals surface area (Å²) in [6.45, 7) is -1.22. The molecule has 3 heterocycles. The number of hydrogen-bond donors (Lipinski definition) is 2. The van der Waals surface area contributed by atoms with Crippen LogP contribution in [0.5, 0.6) is 5.75 Å². The third kappa shape index (κ3) is 4.43. The Morgan fingerprint density at radius 2 is 2.03 bits per heavy atom. The summed E-state index contributed by atoms with van der Waals surface area (Å²) in [7, 11) is 1.36. The predicted octanol–water partition coefficient (Wildman–Crippen LogP) is 3.13. The number of alkyl halides is 2. The highest BCUT2D eigenvalue weighted by Crippen LogP contribution is 2.39. The van der Waals surface area contributed by atoms with Crippen LogP contribution in [0.4, 0.5) is 14.5 Å². The second-order valence-electron chi connectivity index (χ2n) is 7.90. The summed E-state index contributed by atoms with van der Waals surface area (Å²) in [5.41, 5.74) is -0.151. The summed E-state index contributed by atoms with van der Waals surface area (Å²) in [5, 5.41) is 29.6. The van der Waals surface area contributed by atoms with E-state index in [1.807, 2.05) is 0 Å². The Labute approximate surface area is 202 Å². The van der Waals surface area contributed by atoms with E-state index in [4.69, 9.17) is 0 Å². The van der Waals surface area contributed by atoms with Gasteiger partial charge in [0.1, 0.15) is 17.8 Å². The van der Waals surface area contributed by atoms with Crippen LogP contribution in [0.1, 0.15) is 58.3 Å². The smallest absolute Gasteiger partial charge is 0.333 e. The molecular weight excluding hydrogens is 476 g/mol. The summed E-state index contributed by atoms with van der Waals surface area (Å²) >= 11 is 0. The first-order valence-electron chi connectivity index (χ1n) is 10.5. The molecule has 0 aliphatic carbocycles. The van der Waals surface area contributed by atoms with Gasteiger partial charge in [-0.25, -0.2) is 9.67 Å². The number of halogens is 2. The third-order valence-electron chi connectivity index (χ3n) is 5.71. The fraction of sp³-hybridized carbons (Fsp3) is 0.217. The van der Waals surface area contributed by atoms with Gasteiger partial charge in [-0.2, -0.15) is 19.1 Å². The van der Waals surface area contributed by atoms with E-state index in [9.17, 15) is 28.7 Å². The zero-order valence-electron chi connectivity index (χ0n) is 19.0. The summed E-state index contributed by atoms with van der Waals surface area (Å²) in [6, 6.07) is 8.68. The van der Waals surface area contributed by atoms with Gasteiger partial charge in [-0.15, -0.1) is 0 Å². The zero-order chi connectivity index (χ0) is 26.0. The van der Waals surface area contributed by atoms with Crippen molar-refractivity contribution in [1.29, 1.82) is 5.26 Å². The molecule has 13 heteroatoms. The molecule has 2 atom stereocenters. The van der Waals surface area contributed by atoms with E-state index in [0.29, 0.717) is 15.8 Å². The van der Waals surface area contributed by atoms with Crippen molar-refractivity contribution in [3.05, 3.63) is 87.7 Å². The molecule has 36 heavy (non-hydrogen) atoms. The SMILES string of the molecule is C[C@@H](c1nc(C(=O)Nc2cnoc2)c(O)c(=O)n1C)[C@H](c1cnn(C(F)F)c1)c1ccccc1C#N. The highest BCUT2D eigenvalue weighted by atomic mass is 19.3. The van der Waals surface area contributed by atoms with E-state index in [1.54, 1.807) is 31.2 Å². The van der Waals surface area contributed by atoms with Crippen molar-refractivity contribution in [3.63, 3.8) is 0 Å². The van der Waals surface area contributed by atoms with Crippen LogP contribution in [0, 0.1) is 11.3 Å². The van der Waals surface area contributed by atoms with Crippen LogP contribution in [0.15, 0.2) is 58.4 Å². The molecule has 0 saturated carbocycles. The Morgan fingerprint density at radius 3 is 2.67 bits per heavy atom. The minimum atomic E-state index is -2.88. The number of carbonyl (C=O) groups is 1. The van der Waals surface area contributed by atoms with Gasteiger partial charge in [-0.05, 0) is 17.2 Å². The van der Waals surface area contributed by atoms with Crippen molar-refractivity contribution in [2.24, 2.45) is 7.05 Å². The van der Waals surface area contributed by atoms with Crippen LogP contribution in [0.2, 0.25) is 0 Å². The summed E-state index contributed by atoms with van der Waals surface area (Å²) < 4.78 is 32.8. The van der Waals surface area contributed by atoms with E-state index >= 15 is 0 Å². The molecule has 0 fully saturated rings. The Morgan fingerprint density at radius 1 is 1.28 bits per heavy atom. The van der Waals surface area contributed by atoms with E-state index < -0.39 is 41.3 Å². The van der Waals surface area contributed by atoms with Gasteiger partial charge in [-0.1, -0.05) is 30.3 Å². The topological polar surface area (TPSA) is 152 Å². The molecule has 0 aliphatic rings. The van der Waals surface area contributed by atoms with Crippen LogP contribution in [-0.2, 0) is 7.05 Å². The number of nitrogens with zero attached hydrogens (tertiary/aromatic N) is 6. The number of aromatic nitrogens is 5. The van der Waals surface area contributed by atoms with Gasteiger partial charge < -0.3 is 14.9 Å². The maximum absolute atomic E-state index is 13.3. The molecule has 11 nitrogen and oxygen atoms in total. The average molecular weight is 495 g/mol. The lowest BCUT2D eigenvalue weighted by Gasteiger charge is -2.26. The second kappa shape index (κ2) is 9.79. The minimum absolute atomic E-state index is 0.0656. The van der Waals surface area contributed by atoms with E-state index in [-0.39, 0.29) is 17.1 Å². The molecule has 0 radical (unpaired) electrons. The Bertz CT molecular complexity index is 1510. The maximum Gasteiger partial charge on any atom is 0.333 e. The first kappa shape index (κ1) is 24.3. The monoisotopic (exact) mass is 495 g/mol. The molecule has 0 saturated heterocycles. The second-order valence-corrected chi connectivity index (χ2v) is 7.90.